The molecular weight excluding hydrogens is 198 g/mol. The zero-order valence-electron chi connectivity index (χ0n) is 8.16. The number of hydrogen-bond donors (Lipinski definition) is 1. The average molecular weight is 212 g/mol. The molecule has 2 nitrogen and oxygen atoms in total. The lowest BCUT2D eigenvalue weighted by Crippen LogP contribution is -2.15. The summed E-state index contributed by atoms with van der Waals surface area (Å²) >= 11 is 5.79. The van der Waals surface area contributed by atoms with Crippen LogP contribution in [0.1, 0.15) is 23.7 Å². The molecule has 0 heterocycles. The van der Waals surface area contributed by atoms with Gasteiger partial charge in [0.1, 0.15) is 0 Å². The summed E-state index contributed by atoms with van der Waals surface area (Å²) in [4.78, 5) is 11.8. The van der Waals surface area contributed by atoms with Gasteiger partial charge in [-0.15, -0.1) is 0 Å². The molecule has 0 fully saturated rings. The molecule has 0 amide bonds. The molecular formula is C11H14ClNO. The minimum Gasteiger partial charge on any atom is -0.330 e. The van der Waals surface area contributed by atoms with Crippen molar-refractivity contribution >= 4 is 17.4 Å². The summed E-state index contributed by atoms with van der Waals surface area (Å²) in [5.41, 5.74) is 6.06. The van der Waals surface area contributed by atoms with Gasteiger partial charge in [-0.1, -0.05) is 30.7 Å². The van der Waals surface area contributed by atoms with Crippen LogP contribution in [0.3, 0.4) is 0 Å². The van der Waals surface area contributed by atoms with Crippen LogP contribution in [0.4, 0.5) is 0 Å². The SMILES string of the molecule is CC(CCN)C(=O)c1cccc(Cl)c1. The maximum absolute atomic E-state index is 11.8. The normalized spacial score (nSPS) is 12.5. The second-order valence-electron chi connectivity index (χ2n) is 3.35. The quantitative estimate of drug-likeness (QED) is 0.778. The summed E-state index contributed by atoms with van der Waals surface area (Å²) < 4.78 is 0. The number of nitrogens with two attached hydrogens (primary N) is 1. The third-order valence-electron chi connectivity index (χ3n) is 2.16. The summed E-state index contributed by atoms with van der Waals surface area (Å²) in [6.07, 6.45) is 0.714. The highest BCUT2D eigenvalue weighted by Crippen LogP contribution is 2.15. The predicted octanol–water partition coefficient (Wildman–Crippen LogP) is 2.51. The molecule has 14 heavy (non-hydrogen) atoms. The smallest absolute Gasteiger partial charge is 0.165 e. The Morgan fingerprint density at radius 1 is 1.57 bits per heavy atom. The highest BCUT2D eigenvalue weighted by atomic mass is 35.5. The molecule has 3 heteroatoms. The zero-order chi connectivity index (χ0) is 10.6. The molecule has 0 aromatic heterocycles. The Hall–Kier alpha value is -0.860. The standard InChI is InChI=1S/C11H14ClNO/c1-8(5-6-13)11(14)9-3-2-4-10(12)7-9/h2-4,7-8H,5-6,13H2,1H3. The van der Waals surface area contributed by atoms with Crippen molar-refractivity contribution < 1.29 is 4.79 Å². The lowest BCUT2D eigenvalue weighted by atomic mass is 9.97. The van der Waals surface area contributed by atoms with Crippen molar-refractivity contribution in [2.45, 2.75) is 13.3 Å². The Labute approximate surface area is 89.1 Å². The van der Waals surface area contributed by atoms with Crippen LogP contribution in [0.15, 0.2) is 24.3 Å². The molecule has 0 radical (unpaired) electrons. The fraction of sp³-hybridized carbons (Fsp3) is 0.364. The molecule has 1 aromatic carbocycles. The summed E-state index contributed by atoms with van der Waals surface area (Å²) in [7, 11) is 0. The van der Waals surface area contributed by atoms with E-state index >= 15 is 0 Å². The topological polar surface area (TPSA) is 43.1 Å². The van der Waals surface area contributed by atoms with Crippen LogP contribution in [0.5, 0.6) is 0 Å². The number of benzene rings is 1. The lowest BCUT2D eigenvalue weighted by Gasteiger charge is -2.08. The van der Waals surface area contributed by atoms with Gasteiger partial charge in [0.2, 0.25) is 0 Å². The van der Waals surface area contributed by atoms with Gasteiger partial charge in [-0.2, -0.15) is 0 Å². The van der Waals surface area contributed by atoms with Gasteiger partial charge in [0.25, 0.3) is 0 Å². The van der Waals surface area contributed by atoms with Gasteiger partial charge >= 0.3 is 0 Å². The van der Waals surface area contributed by atoms with Crippen LogP contribution in [-0.2, 0) is 0 Å². The van der Waals surface area contributed by atoms with Gasteiger partial charge in [0.15, 0.2) is 5.78 Å². The second kappa shape index (κ2) is 5.13. The second-order valence-corrected chi connectivity index (χ2v) is 3.79. The van der Waals surface area contributed by atoms with E-state index in [0.29, 0.717) is 23.6 Å². The van der Waals surface area contributed by atoms with Crippen molar-refractivity contribution in [2.24, 2.45) is 11.7 Å². The largest absolute Gasteiger partial charge is 0.330 e. The molecule has 1 rings (SSSR count). The highest BCUT2D eigenvalue weighted by Gasteiger charge is 2.13. The molecule has 1 aromatic rings. The van der Waals surface area contributed by atoms with Gasteiger partial charge < -0.3 is 5.73 Å². The first kappa shape index (κ1) is 11.2. The lowest BCUT2D eigenvalue weighted by molar-refractivity contribution is 0.0925. The molecule has 0 saturated heterocycles. The molecule has 1 unspecified atom stereocenters. The highest BCUT2D eigenvalue weighted by molar-refractivity contribution is 6.31. The van der Waals surface area contributed by atoms with Crippen molar-refractivity contribution in [1.29, 1.82) is 0 Å². The number of hydrogen-bond acceptors (Lipinski definition) is 2. The molecule has 0 saturated carbocycles. The maximum atomic E-state index is 11.8. The van der Waals surface area contributed by atoms with Crippen molar-refractivity contribution in [1.82, 2.24) is 0 Å². The molecule has 0 aliphatic carbocycles. The van der Waals surface area contributed by atoms with E-state index in [-0.39, 0.29) is 11.7 Å². The predicted molar refractivity (Wildman–Crippen MR) is 58.6 cm³/mol. The van der Waals surface area contributed by atoms with E-state index in [2.05, 4.69) is 0 Å². The van der Waals surface area contributed by atoms with E-state index in [4.69, 9.17) is 17.3 Å². The first-order valence-electron chi connectivity index (χ1n) is 4.65. The van der Waals surface area contributed by atoms with Crippen LogP contribution >= 0.6 is 11.6 Å². The number of ketones is 1. The number of rotatable bonds is 4. The Morgan fingerprint density at radius 2 is 2.29 bits per heavy atom. The van der Waals surface area contributed by atoms with Gasteiger partial charge in [-0.3, -0.25) is 4.79 Å². The van der Waals surface area contributed by atoms with Crippen LogP contribution < -0.4 is 5.73 Å². The molecule has 76 valence electrons. The van der Waals surface area contributed by atoms with E-state index in [0.717, 1.165) is 0 Å². The van der Waals surface area contributed by atoms with E-state index < -0.39 is 0 Å². The van der Waals surface area contributed by atoms with Crippen molar-refractivity contribution in [3.63, 3.8) is 0 Å². The van der Waals surface area contributed by atoms with Gasteiger partial charge in [-0.25, -0.2) is 0 Å². The Bertz CT molecular complexity index is 325. The number of Topliss-reactive ketones (excluding diaryl/α,β-unsaturated/α-hetero) is 1. The van der Waals surface area contributed by atoms with Gasteiger partial charge in [0, 0.05) is 16.5 Å². The van der Waals surface area contributed by atoms with Gasteiger partial charge in [-0.05, 0) is 25.1 Å². The average Bonchev–Trinajstić information content (AvgIpc) is 2.17. The first-order chi connectivity index (χ1) is 6.65. The third-order valence-corrected chi connectivity index (χ3v) is 2.39. The van der Waals surface area contributed by atoms with Crippen molar-refractivity contribution in [3.8, 4) is 0 Å². The van der Waals surface area contributed by atoms with Crippen LogP contribution in [-0.4, -0.2) is 12.3 Å². The fourth-order valence-electron chi connectivity index (χ4n) is 1.31. The first-order valence-corrected chi connectivity index (χ1v) is 5.02. The maximum Gasteiger partial charge on any atom is 0.165 e. The monoisotopic (exact) mass is 211 g/mol. The van der Waals surface area contributed by atoms with E-state index in [1.807, 2.05) is 6.92 Å². The van der Waals surface area contributed by atoms with Crippen LogP contribution in [0.2, 0.25) is 5.02 Å². The minimum absolute atomic E-state index is 0.0292. The van der Waals surface area contributed by atoms with Crippen molar-refractivity contribution in [2.75, 3.05) is 6.54 Å². The molecule has 0 bridgehead atoms. The summed E-state index contributed by atoms with van der Waals surface area (Å²) in [5.74, 6) is 0.0800. The molecule has 0 aliphatic heterocycles. The number of halogens is 1. The zero-order valence-corrected chi connectivity index (χ0v) is 8.92. The summed E-state index contributed by atoms with van der Waals surface area (Å²) in [6.45, 7) is 2.42. The molecule has 1 atom stereocenters. The number of carbonyl (C=O) groups excluding carboxylic acids is 1. The van der Waals surface area contributed by atoms with Crippen LogP contribution in [0.25, 0.3) is 0 Å². The number of carbonyl (C=O) groups is 1. The molecule has 0 aliphatic rings. The Kier molecular flexibility index (Phi) is 4.11. The van der Waals surface area contributed by atoms with E-state index in [1.165, 1.54) is 0 Å². The van der Waals surface area contributed by atoms with Gasteiger partial charge in [0.05, 0.1) is 0 Å². The van der Waals surface area contributed by atoms with Crippen LogP contribution in [0, 0.1) is 5.92 Å². The minimum atomic E-state index is -0.0292. The molecule has 0 spiro atoms. The third kappa shape index (κ3) is 2.82. The van der Waals surface area contributed by atoms with E-state index in [9.17, 15) is 4.79 Å². The summed E-state index contributed by atoms with van der Waals surface area (Å²) in [5, 5.41) is 0.593. The Balaban J connectivity index is 2.78. The fourth-order valence-corrected chi connectivity index (χ4v) is 1.50. The van der Waals surface area contributed by atoms with Crippen molar-refractivity contribution in [3.05, 3.63) is 34.9 Å². The van der Waals surface area contributed by atoms with E-state index in [1.54, 1.807) is 24.3 Å². The molecule has 2 N–H and O–H groups in total. The summed E-state index contributed by atoms with van der Waals surface area (Å²) in [6, 6.07) is 7.01. The Morgan fingerprint density at radius 3 is 2.86 bits per heavy atom.